The monoisotopic (exact) mass is 430 g/mol. The van der Waals surface area contributed by atoms with Gasteiger partial charge in [-0.15, -0.1) is 37.2 Å². The van der Waals surface area contributed by atoms with Crippen molar-refractivity contribution < 1.29 is 4.79 Å². The zero-order valence-corrected chi connectivity index (χ0v) is 18.6. The van der Waals surface area contributed by atoms with E-state index in [1.54, 1.807) is 0 Å². The van der Waals surface area contributed by atoms with Crippen molar-refractivity contribution in [2.24, 2.45) is 5.92 Å². The number of halogens is 3. The van der Waals surface area contributed by atoms with Crippen LogP contribution in [0.1, 0.15) is 46.0 Å². The van der Waals surface area contributed by atoms with Crippen LogP contribution in [0.4, 0.5) is 0 Å². The van der Waals surface area contributed by atoms with Gasteiger partial charge >= 0.3 is 0 Å². The Morgan fingerprint density at radius 2 is 1.77 bits per heavy atom. The number of amides is 1. The highest BCUT2D eigenvalue weighted by Crippen LogP contribution is 2.33. The van der Waals surface area contributed by atoms with Gasteiger partial charge in [-0.25, -0.2) is 0 Å². The molecule has 156 valence electrons. The predicted molar refractivity (Wildman–Crippen MR) is 115 cm³/mol. The molecule has 0 bridgehead atoms. The Balaban J connectivity index is 0.00000208. The number of hydrogen-bond donors (Lipinski definition) is 2. The van der Waals surface area contributed by atoms with E-state index >= 15 is 0 Å². The van der Waals surface area contributed by atoms with Crippen molar-refractivity contribution in [2.45, 2.75) is 64.1 Å². The first kappa shape index (κ1) is 26.2. The van der Waals surface area contributed by atoms with Gasteiger partial charge in [0, 0.05) is 44.8 Å². The van der Waals surface area contributed by atoms with Gasteiger partial charge in [-0.05, 0) is 38.6 Å². The van der Waals surface area contributed by atoms with E-state index < -0.39 is 0 Å². The van der Waals surface area contributed by atoms with E-state index in [-0.39, 0.29) is 49.2 Å². The van der Waals surface area contributed by atoms with Crippen LogP contribution in [0.2, 0.25) is 0 Å². The minimum atomic E-state index is 0. The third-order valence-corrected chi connectivity index (χ3v) is 6.23. The van der Waals surface area contributed by atoms with Crippen LogP contribution in [0.15, 0.2) is 0 Å². The number of fused-ring (bicyclic) bond motifs is 1. The van der Waals surface area contributed by atoms with Crippen molar-refractivity contribution >= 4 is 43.1 Å². The second kappa shape index (κ2) is 12.6. The van der Waals surface area contributed by atoms with Crippen LogP contribution >= 0.6 is 37.2 Å². The number of nitrogens with one attached hydrogen (secondary N) is 2. The van der Waals surface area contributed by atoms with Gasteiger partial charge < -0.3 is 15.5 Å². The highest BCUT2D eigenvalue weighted by molar-refractivity contribution is 5.86. The van der Waals surface area contributed by atoms with Crippen molar-refractivity contribution in [1.29, 1.82) is 0 Å². The van der Waals surface area contributed by atoms with E-state index in [9.17, 15) is 4.79 Å². The summed E-state index contributed by atoms with van der Waals surface area (Å²) in [6, 6.07) is 1.08. The molecule has 0 aromatic heterocycles. The first-order chi connectivity index (χ1) is 11.2. The Bertz CT molecular complexity index is 394. The quantitative estimate of drug-likeness (QED) is 0.701. The smallest absolute Gasteiger partial charge is 0.237 e. The Morgan fingerprint density at radius 1 is 1.12 bits per heavy atom. The van der Waals surface area contributed by atoms with Crippen molar-refractivity contribution in [3.63, 3.8) is 0 Å². The van der Waals surface area contributed by atoms with E-state index in [2.05, 4.69) is 34.3 Å². The lowest BCUT2D eigenvalue weighted by Crippen LogP contribution is -2.53. The minimum absolute atomic E-state index is 0. The fraction of sp³-hybridized carbons (Fsp3) is 0.944. The molecule has 2 N–H and O–H groups in total. The van der Waals surface area contributed by atoms with E-state index in [0.29, 0.717) is 12.1 Å². The van der Waals surface area contributed by atoms with Crippen molar-refractivity contribution in [3.05, 3.63) is 0 Å². The Kier molecular flexibility index (Phi) is 12.7. The van der Waals surface area contributed by atoms with Crippen molar-refractivity contribution in [2.75, 3.05) is 39.3 Å². The van der Waals surface area contributed by atoms with Crippen molar-refractivity contribution in [1.82, 2.24) is 20.4 Å². The highest BCUT2D eigenvalue weighted by Gasteiger charge is 2.38. The van der Waals surface area contributed by atoms with E-state index in [1.807, 2.05) is 0 Å². The molecule has 1 amide bonds. The maximum atomic E-state index is 12.5. The largest absolute Gasteiger partial charge is 0.353 e. The van der Waals surface area contributed by atoms with E-state index in [4.69, 9.17) is 0 Å². The maximum absolute atomic E-state index is 12.5. The third-order valence-electron chi connectivity index (χ3n) is 6.23. The summed E-state index contributed by atoms with van der Waals surface area (Å²) in [5.41, 5.74) is 0. The van der Waals surface area contributed by atoms with Crippen LogP contribution < -0.4 is 10.6 Å². The summed E-state index contributed by atoms with van der Waals surface area (Å²) in [7, 11) is 0. The normalized spacial score (nSPS) is 30.2. The SMILES string of the molecule is CCN1CCN(C(C)CNC(=O)C2CC3CCCCC3N2)CC1.Cl.Cl.Cl. The molecule has 5 nitrogen and oxygen atoms in total. The van der Waals surface area contributed by atoms with Gasteiger partial charge in [-0.2, -0.15) is 0 Å². The third kappa shape index (κ3) is 6.68. The summed E-state index contributed by atoms with van der Waals surface area (Å²) in [6.45, 7) is 10.9. The summed E-state index contributed by atoms with van der Waals surface area (Å²) in [5, 5.41) is 6.78. The summed E-state index contributed by atoms with van der Waals surface area (Å²) in [6.07, 6.45) is 6.27. The first-order valence-electron chi connectivity index (χ1n) is 9.67. The fourth-order valence-corrected chi connectivity index (χ4v) is 4.54. The summed E-state index contributed by atoms with van der Waals surface area (Å²) < 4.78 is 0. The average Bonchev–Trinajstić information content (AvgIpc) is 3.03. The van der Waals surface area contributed by atoms with Gasteiger partial charge in [0.2, 0.25) is 5.91 Å². The van der Waals surface area contributed by atoms with Gasteiger partial charge in [0.05, 0.1) is 6.04 Å². The van der Waals surface area contributed by atoms with Crippen LogP contribution in [-0.2, 0) is 4.79 Å². The standard InChI is InChI=1S/C18H34N4O.3ClH/c1-3-21-8-10-22(11-9-21)14(2)13-19-18(23)17-12-15-6-4-5-7-16(15)20-17;;;/h14-17,20H,3-13H2,1-2H3,(H,19,23);3*1H. The Labute approximate surface area is 177 Å². The molecular weight excluding hydrogens is 395 g/mol. The molecule has 3 rings (SSSR count). The zero-order valence-electron chi connectivity index (χ0n) is 16.1. The number of piperazine rings is 1. The molecule has 8 heteroatoms. The molecule has 2 aliphatic heterocycles. The molecule has 4 atom stereocenters. The molecular formula is C18H37Cl3N4O. The molecule has 3 fully saturated rings. The minimum Gasteiger partial charge on any atom is -0.353 e. The van der Waals surface area contributed by atoms with Crippen LogP contribution in [0, 0.1) is 5.92 Å². The second-order valence-corrected chi connectivity index (χ2v) is 7.67. The number of carbonyl (C=O) groups is 1. The van der Waals surface area contributed by atoms with E-state index in [0.717, 1.165) is 51.6 Å². The number of carbonyl (C=O) groups excluding carboxylic acids is 1. The molecule has 2 heterocycles. The topological polar surface area (TPSA) is 47.6 Å². The fourth-order valence-electron chi connectivity index (χ4n) is 4.54. The van der Waals surface area contributed by atoms with Crippen molar-refractivity contribution in [3.8, 4) is 0 Å². The molecule has 0 spiro atoms. The molecule has 1 aliphatic carbocycles. The van der Waals surface area contributed by atoms with Gasteiger partial charge in [0.25, 0.3) is 0 Å². The van der Waals surface area contributed by atoms with E-state index in [1.165, 1.54) is 25.7 Å². The molecule has 2 saturated heterocycles. The second-order valence-electron chi connectivity index (χ2n) is 7.67. The summed E-state index contributed by atoms with van der Waals surface area (Å²) >= 11 is 0. The number of likely N-dealkylation sites (N-methyl/N-ethyl adjacent to an activating group) is 1. The molecule has 0 aromatic carbocycles. The molecule has 4 unspecified atom stereocenters. The lowest BCUT2D eigenvalue weighted by molar-refractivity contribution is -0.123. The molecule has 1 saturated carbocycles. The number of hydrogen-bond acceptors (Lipinski definition) is 4. The zero-order chi connectivity index (χ0) is 16.2. The van der Waals surface area contributed by atoms with Crippen LogP contribution in [0.25, 0.3) is 0 Å². The van der Waals surface area contributed by atoms with Gasteiger partial charge in [0.15, 0.2) is 0 Å². The van der Waals surface area contributed by atoms with Gasteiger partial charge in [-0.3, -0.25) is 9.69 Å². The lowest BCUT2D eigenvalue weighted by Gasteiger charge is -2.37. The molecule has 0 aromatic rings. The maximum Gasteiger partial charge on any atom is 0.237 e. The van der Waals surface area contributed by atoms with Gasteiger partial charge in [-0.1, -0.05) is 19.8 Å². The summed E-state index contributed by atoms with van der Waals surface area (Å²) in [4.78, 5) is 17.5. The predicted octanol–water partition coefficient (Wildman–Crippen LogP) is 2.31. The lowest BCUT2D eigenvalue weighted by atomic mass is 9.85. The Hall–Kier alpha value is 0.220. The molecule has 26 heavy (non-hydrogen) atoms. The number of nitrogens with zero attached hydrogens (tertiary/aromatic N) is 2. The van der Waals surface area contributed by atoms with Gasteiger partial charge in [0.1, 0.15) is 0 Å². The summed E-state index contributed by atoms with van der Waals surface area (Å²) in [5.74, 6) is 0.956. The van der Waals surface area contributed by atoms with Crippen LogP contribution in [0.5, 0.6) is 0 Å². The van der Waals surface area contributed by atoms with Crippen LogP contribution in [-0.4, -0.2) is 73.1 Å². The average molecular weight is 432 g/mol. The molecule has 0 radical (unpaired) electrons. The molecule has 3 aliphatic rings. The highest BCUT2D eigenvalue weighted by atomic mass is 35.5. The number of rotatable bonds is 5. The first-order valence-corrected chi connectivity index (χ1v) is 9.67. The van der Waals surface area contributed by atoms with Crippen LogP contribution in [0.3, 0.4) is 0 Å². The Morgan fingerprint density at radius 3 is 2.38 bits per heavy atom.